The average Bonchev–Trinajstić information content (AvgIpc) is 2.82. The normalized spacial score (nSPS) is 14.2. The van der Waals surface area contributed by atoms with Gasteiger partial charge >= 0.3 is 6.18 Å². The first kappa shape index (κ1) is 25.1. The van der Waals surface area contributed by atoms with Gasteiger partial charge in [-0.25, -0.2) is 4.98 Å². The number of rotatable bonds is 7. The summed E-state index contributed by atoms with van der Waals surface area (Å²) in [5.74, 6) is 0.480. The number of ether oxygens (including phenoxy) is 1. The standard InChI is InChI=1S/C25H25F3N6O2/c1-14-8-15(4-5-19(14)24(35)33-16-12-34(3)13-16)20-9-17(6-7-31-20)36-18-10-21(30-2)22(32-11-18)23(29)25(26,27)28/h4-11,16,29-30H,12-13H2,1-3H3,(H,33,35). The van der Waals surface area contributed by atoms with Crippen molar-refractivity contribution in [3.05, 3.63) is 65.6 Å². The number of benzene rings is 1. The summed E-state index contributed by atoms with van der Waals surface area (Å²) >= 11 is 0. The summed E-state index contributed by atoms with van der Waals surface area (Å²) in [5.41, 5.74) is 0.726. The summed E-state index contributed by atoms with van der Waals surface area (Å²) in [4.78, 5) is 22.9. The lowest BCUT2D eigenvalue weighted by Crippen LogP contribution is -2.57. The highest BCUT2D eigenvalue weighted by Gasteiger charge is 2.37. The predicted molar refractivity (Wildman–Crippen MR) is 130 cm³/mol. The van der Waals surface area contributed by atoms with E-state index in [2.05, 4.69) is 25.5 Å². The fourth-order valence-electron chi connectivity index (χ4n) is 3.93. The number of hydrogen-bond donors (Lipinski definition) is 3. The van der Waals surface area contributed by atoms with Gasteiger partial charge in [-0.15, -0.1) is 0 Å². The summed E-state index contributed by atoms with van der Waals surface area (Å²) in [6.45, 7) is 3.52. The number of hydrogen-bond acceptors (Lipinski definition) is 7. The number of aromatic nitrogens is 2. The lowest BCUT2D eigenvalue weighted by Gasteiger charge is -2.36. The number of alkyl halides is 3. The van der Waals surface area contributed by atoms with Crippen molar-refractivity contribution in [2.24, 2.45) is 0 Å². The monoisotopic (exact) mass is 498 g/mol. The molecule has 36 heavy (non-hydrogen) atoms. The van der Waals surface area contributed by atoms with Crippen LogP contribution in [0.25, 0.3) is 11.3 Å². The molecule has 0 unspecified atom stereocenters. The zero-order valence-electron chi connectivity index (χ0n) is 19.9. The van der Waals surface area contributed by atoms with Crippen LogP contribution in [0.15, 0.2) is 48.8 Å². The zero-order valence-corrected chi connectivity index (χ0v) is 19.9. The number of pyridine rings is 2. The molecule has 3 aromatic rings. The molecule has 1 saturated heterocycles. The van der Waals surface area contributed by atoms with Crippen LogP contribution in [0.2, 0.25) is 0 Å². The fourth-order valence-corrected chi connectivity index (χ4v) is 3.93. The van der Waals surface area contributed by atoms with E-state index in [1.165, 1.54) is 13.1 Å². The highest BCUT2D eigenvalue weighted by Crippen LogP contribution is 2.31. The van der Waals surface area contributed by atoms with Crippen LogP contribution in [0.5, 0.6) is 11.5 Å². The van der Waals surface area contributed by atoms with Crippen molar-refractivity contribution >= 4 is 17.3 Å². The Kier molecular flexibility index (Phi) is 6.93. The third kappa shape index (κ3) is 5.46. The van der Waals surface area contributed by atoms with Crippen LogP contribution in [0.1, 0.15) is 21.6 Å². The maximum atomic E-state index is 12.9. The van der Waals surface area contributed by atoms with E-state index >= 15 is 0 Å². The Balaban J connectivity index is 1.51. The molecule has 2 aromatic heterocycles. The number of anilines is 1. The third-order valence-electron chi connectivity index (χ3n) is 5.79. The molecule has 3 heterocycles. The molecular formula is C25H25F3N6O2. The van der Waals surface area contributed by atoms with Crippen LogP contribution >= 0.6 is 0 Å². The van der Waals surface area contributed by atoms with Gasteiger partial charge < -0.3 is 20.3 Å². The first-order chi connectivity index (χ1) is 17.0. The van der Waals surface area contributed by atoms with Gasteiger partial charge in [0.2, 0.25) is 0 Å². The summed E-state index contributed by atoms with van der Waals surface area (Å²) in [7, 11) is 3.44. The minimum absolute atomic E-state index is 0.0159. The molecule has 1 amide bonds. The van der Waals surface area contributed by atoms with Crippen molar-refractivity contribution in [1.82, 2.24) is 20.2 Å². The van der Waals surface area contributed by atoms with Crippen LogP contribution in [-0.4, -0.2) is 65.9 Å². The largest absolute Gasteiger partial charge is 0.456 e. The molecule has 0 saturated carbocycles. The smallest absolute Gasteiger partial charge is 0.434 e. The molecule has 11 heteroatoms. The van der Waals surface area contributed by atoms with Gasteiger partial charge in [0.25, 0.3) is 5.91 Å². The van der Waals surface area contributed by atoms with E-state index in [0.717, 1.165) is 30.4 Å². The first-order valence-corrected chi connectivity index (χ1v) is 11.1. The summed E-state index contributed by atoms with van der Waals surface area (Å²) in [5, 5.41) is 13.0. The number of carbonyl (C=O) groups is 1. The first-order valence-electron chi connectivity index (χ1n) is 11.1. The van der Waals surface area contributed by atoms with Crippen molar-refractivity contribution in [1.29, 1.82) is 5.41 Å². The number of aryl methyl sites for hydroxylation is 1. The van der Waals surface area contributed by atoms with Crippen LogP contribution < -0.4 is 15.4 Å². The summed E-state index contributed by atoms with van der Waals surface area (Å²) in [6.07, 6.45) is -2.13. The van der Waals surface area contributed by atoms with Crippen molar-refractivity contribution in [3.8, 4) is 22.8 Å². The SMILES string of the molecule is CNc1cc(Oc2ccnc(-c3ccc(C(=O)NC4CN(C)C4)c(C)c3)c2)cnc1C(=N)C(F)(F)F. The number of likely N-dealkylation sites (tertiary alicyclic amines) is 1. The molecule has 0 aliphatic carbocycles. The number of amides is 1. The van der Waals surface area contributed by atoms with E-state index in [9.17, 15) is 18.0 Å². The number of halogens is 3. The second kappa shape index (κ2) is 9.94. The van der Waals surface area contributed by atoms with Gasteiger partial charge in [-0.3, -0.25) is 15.2 Å². The van der Waals surface area contributed by atoms with Crippen LogP contribution in [0, 0.1) is 12.3 Å². The Morgan fingerprint density at radius 2 is 1.89 bits per heavy atom. The van der Waals surface area contributed by atoms with Gasteiger partial charge in [0.1, 0.15) is 17.2 Å². The summed E-state index contributed by atoms with van der Waals surface area (Å²) < 4.78 is 44.6. The molecule has 1 aliphatic rings. The van der Waals surface area contributed by atoms with Crippen molar-refractivity contribution in [3.63, 3.8) is 0 Å². The van der Waals surface area contributed by atoms with E-state index in [-0.39, 0.29) is 23.4 Å². The molecule has 0 radical (unpaired) electrons. The number of likely N-dealkylation sites (N-methyl/N-ethyl adjacent to an activating group) is 1. The Morgan fingerprint density at radius 1 is 1.14 bits per heavy atom. The van der Waals surface area contributed by atoms with E-state index in [1.54, 1.807) is 30.5 Å². The second-order valence-corrected chi connectivity index (χ2v) is 8.59. The molecule has 0 spiro atoms. The van der Waals surface area contributed by atoms with Crippen molar-refractivity contribution < 1.29 is 22.7 Å². The van der Waals surface area contributed by atoms with Gasteiger partial charge in [0.05, 0.1) is 23.6 Å². The number of nitrogens with zero attached hydrogens (tertiary/aromatic N) is 3. The van der Waals surface area contributed by atoms with Gasteiger partial charge in [-0.05, 0) is 37.7 Å². The Morgan fingerprint density at radius 3 is 2.53 bits per heavy atom. The van der Waals surface area contributed by atoms with Crippen LogP contribution in [-0.2, 0) is 0 Å². The topological polar surface area (TPSA) is 103 Å². The molecule has 0 atom stereocenters. The predicted octanol–water partition coefficient (Wildman–Crippen LogP) is 4.26. The van der Waals surface area contributed by atoms with E-state index in [4.69, 9.17) is 10.1 Å². The van der Waals surface area contributed by atoms with Crippen molar-refractivity contribution in [2.45, 2.75) is 19.1 Å². The molecule has 8 nitrogen and oxygen atoms in total. The molecule has 0 bridgehead atoms. The van der Waals surface area contributed by atoms with Crippen LogP contribution in [0.4, 0.5) is 18.9 Å². The fraction of sp³-hybridized carbons (Fsp3) is 0.280. The highest BCUT2D eigenvalue weighted by molar-refractivity contribution is 6.05. The molecule has 1 aromatic carbocycles. The Bertz CT molecular complexity index is 1310. The molecule has 4 rings (SSSR count). The third-order valence-corrected chi connectivity index (χ3v) is 5.79. The lowest BCUT2D eigenvalue weighted by atomic mass is 10.0. The van der Waals surface area contributed by atoms with E-state index in [0.29, 0.717) is 17.0 Å². The zero-order chi connectivity index (χ0) is 26.0. The maximum Gasteiger partial charge on any atom is 0.434 e. The van der Waals surface area contributed by atoms with Gasteiger partial charge in [0, 0.05) is 49.6 Å². The minimum atomic E-state index is -4.82. The molecule has 188 valence electrons. The molecule has 1 fully saturated rings. The Hall–Kier alpha value is -3.99. The van der Waals surface area contributed by atoms with Crippen LogP contribution in [0.3, 0.4) is 0 Å². The summed E-state index contributed by atoms with van der Waals surface area (Å²) in [6, 6.07) is 10.2. The van der Waals surface area contributed by atoms with Gasteiger partial charge in [-0.2, -0.15) is 13.2 Å². The quantitative estimate of drug-likeness (QED) is 0.421. The second-order valence-electron chi connectivity index (χ2n) is 8.59. The number of carbonyl (C=O) groups excluding carboxylic acids is 1. The average molecular weight is 499 g/mol. The Labute approximate surface area is 206 Å². The van der Waals surface area contributed by atoms with Crippen molar-refractivity contribution in [2.75, 3.05) is 32.5 Å². The van der Waals surface area contributed by atoms with E-state index in [1.807, 2.05) is 20.0 Å². The highest BCUT2D eigenvalue weighted by atomic mass is 19.4. The molecule has 1 aliphatic heterocycles. The van der Waals surface area contributed by atoms with E-state index < -0.39 is 17.6 Å². The maximum absolute atomic E-state index is 12.9. The minimum Gasteiger partial charge on any atom is -0.456 e. The number of nitrogens with one attached hydrogen (secondary N) is 3. The molecule has 3 N–H and O–H groups in total. The lowest BCUT2D eigenvalue weighted by molar-refractivity contribution is -0.0589. The van der Waals surface area contributed by atoms with Gasteiger partial charge in [-0.1, -0.05) is 6.07 Å². The molecular weight excluding hydrogens is 473 g/mol. The van der Waals surface area contributed by atoms with Gasteiger partial charge in [0.15, 0.2) is 5.71 Å².